The van der Waals surface area contributed by atoms with Crippen LogP contribution in [0.15, 0.2) is 53.4 Å². The summed E-state index contributed by atoms with van der Waals surface area (Å²) in [4.78, 5) is 13.3. The Labute approximate surface area is 187 Å². The van der Waals surface area contributed by atoms with Crippen molar-refractivity contribution in [3.63, 3.8) is 0 Å². The van der Waals surface area contributed by atoms with Crippen molar-refractivity contribution in [2.75, 3.05) is 23.4 Å². The largest absolute Gasteiger partial charge is 0.494 e. The average Bonchev–Trinajstić information content (AvgIpc) is 3.06. The second-order valence-corrected chi connectivity index (χ2v) is 10.2. The third-order valence-corrected chi connectivity index (χ3v) is 7.87. The predicted octanol–water partition coefficient (Wildman–Crippen LogP) is 5.20. The Morgan fingerprint density at radius 1 is 1.06 bits per heavy atom. The van der Waals surface area contributed by atoms with Gasteiger partial charge in [0.15, 0.2) is 9.84 Å². The van der Waals surface area contributed by atoms with Gasteiger partial charge in [0.2, 0.25) is 5.78 Å². The van der Waals surface area contributed by atoms with Gasteiger partial charge in [-0.2, -0.15) is 0 Å². The summed E-state index contributed by atoms with van der Waals surface area (Å²) in [6.07, 6.45) is 0.446. The van der Waals surface area contributed by atoms with Crippen LogP contribution in [0.4, 0.5) is 16.4 Å². The molecule has 0 unspecified atom stereocenters. The van der Waals surface area contributed by atoms with Gasteiger partial charge in [-0.3, -0.25) is 4.79 Å². The molecule has 0 saturated carbocycles. The van der Waals surface area contributed by atoms with Crippen molar-refractivity contribution in [3.8, 4) is 5.75 Å². The molecule has 3 rings (SSSR count). The van der Waals surface area contributed by atoms with E-state index in [1.54, 1.807) is 43.3 Å². The Morgan fingerprint density at radius 2 is 1.71 bits per heavy atom. The van der Waals surface area contributed by atoms with Gasteiger partial charge in [0.05, 0.1) is 18.0 Å². The number of rotatable bonds is 9. The number of ether oxygens (including phenoxy) is 1. The lowest BCUT2D eigenvalue weighted by atomic mass is 10.1. The average molecular weight is 459 g/mol. The molecule has 0 saturated heterocycles. The Bertz CT molecular complexity index is 1170. The van der Waals surface area contributed by atoms with E-state index in [4.69, 9.17) is 10.5 Å². The summed E-state index contributed by atoms with van der Waals surface area (Å²) in [7, 11) is -3.66. The molecule has 0 aliphatic heterocycles. The first-order valence-corrected chi connectivity index (χ1v) is 12.5. The van der Waals surface area contributed by atoms with E-state index in [0.29, 0.717) is 35.0 Å². The van der Waals surface area contributed by atoms with E-state index < -0.39 is 9.84 Å². The molecule has 164 valence electrons. The van der Waals surface area contributed by atoms with E-state index in [-0.39, 0.29) is 27.0 Å². The highest BCUT2D eigenvalue weighted by atomic mass is 32.2. The molecule has 0 atom stereocenters. The first-order valence-electron chi connectivity index (χ1n) is 10.0. The smallest absolute Gasteiger partial charge is 0.205 e. The zero-order chi connectivity index (χ0) is 22.6. The monoisotopic (exact) mass is 458 g/mol. The number of hydrogen-bond acceptors (Lipinski definition) is 7. The van der Waals surface area contributed by atoms with E-state index in [0.717, 1.165) is 16.9 Å². The molecule has 31 heavy (non-hydrogen) atoms. The Morgan fingerprint density at radius 3 is 2.29 bits per heavy atom. The predicted molar refractivity (Wildman–Crippen MR) is 127 cm³/mol. The number of nitrogens with two attached hydrogens (primary N) is 1. The van der Waals surface area contributed by atoms with Crippen molar-refractivity contribution >= 4 is 43.3 Å². The maximum Gasteiger partial charge on any atom is 0.205 e. The van der Waals surface area contributed by atoms with Gasteiger partial charge >= 0.3 is 0 Å². The number of hydrogen-bond donors (Lipinski definition) is 2. The van der Waals surface area contributed by atoms with Crippen LogP contribution in [0.25, 0.3) is 0 Å². The van der Waals surface area contributed by atoms with E-state index in [1.165, 1.54) is 0 Å². The highest BCUT2D eigenvalue weighted by molar-refractivity contribution is 7.92. The van der Waals surface area contributed by atoms with Crippen molar-refractivity contribution in [2.24, 2.45) is 0 Å². The van der Waals surface area contributed by atoms with Crippen LogP contribution < -0.4 is 15.8 Å². The number of sulfone groups is 1. The van der Waals surface area contributed by atoms with Gasteiger partial charge in [0.1, 0.15) is 20.5 Å². The number of carbonyl (C=O) groups excluding carboxylic acids is 1. The van der Waals surface area contributed by atoms with Crippen molar-refractivity contribution in [1.82, 2.24) is 0 Å². The molecule has 6 nitrogen and oxygen atoms in total. The molecule has 0 aliphatic rings. The minimum Gasteiger partial charge on any atom is -0.494 e. The molecule has 0 spiro atoms. The van der Waals surface area contributed by atoms with Crippen molar-refractivity contribution < 1.29 is 17.9 Å². The summed E-state index contributed by atoms with van der Waals surface area (Å²) >= 11 is 1.06. The minimum absolute atomic E-state index is 0.00235. The summed E-state index contributed by atoms with van der Waals surface area (Å²) in [6.45, 7) is 6.18. The normalized spacial score (nSPS) is 11.3. The molecule has 0 aliphatic carbocycles. The lowest BCUT2D eigenvalue weighted by Gasteiger charge is -2.10. The lowest BCUT2D eigenvalue weighted by Crippen LogP contribution is -2.10. The maximum absolute atomic E-state index is 13.1. The first-order chi connectivity index (χ1) is 14.8. The molecule has 0 radical (unpaired) electrons. The molecule has 0 amide bonds. The van der Waals surface area contributed by atoms with Crippen LogP contribution in [0.1, 0.15) is 41.1 Å². The van der Waals surface area contributed by atoms with Crippen LogP contribution in [0.3, 0.4) is 0 Å². The standard InChI is InChI=1S/C23H26N2O4S2/c1-4-14-31(27,28)22-19(24)21(20(26)16-8-6-15(3)7-9-16)30-23(22)25-17-10-12-18(13-11-17)29-5-2/h6-13,25H,4-5,14,24H2,1-3H3. The Balaban J connectivity index is 2.05. The number of anilines is 3. The topological polar surface area (TPSA) is 98.5 Å². The fourth-order valence-electron chi connectivity index (χ4n) is 3.13. The third kappa shape index (κ3) is 5.08. The number of carbonyl (C=O) groups is 1. The molecule has 1 heterocycles. The van der Waals surface area contributed by atoms with Gasteiger partial charge in [-0.1, -0.05) is 36.8 Å². The quantitative estimate of drug-likeness (QED) is 0.428. The van der Waals surface area contributed by atoms with Crippen LogP contribution >= 0.6 is 11.3 Å². The van der Waals surface area contributed by atoms with Gasteiger partial charge < -0.3 is 15.8 Å². The number of nitrogen functional groups attached to an aromatic ring is 1. The second-order valence-electron chi connectivity index (χ2n) is 7.10. The second kappa shape index (κ2) is 9.53. The zero-order valence-corrected chi connectivity index (χ0v) is 19.4. The third-order valence-electron chi connectivity index (χ3n) is 4.63. The number of thiophene rings is 1. The Hall–Kier alpha value is -2.84. The van der Waals surface area contributed by atoms with Gasteiger partial charge in [0, 0.05) is 11.3 Å². The van der Waals surface area contributed by atoms with E-state index in [9.17, 15) is 13.2 Å². The van der Waals surface area contributed by atoms with Crippen LogP contribution in [-0.4, -0.2) is 26.6 Å². The molecule has 1 aromatic heterocycles. The van der Waals surface area contributed by atoms with Crippen LogP contribution in [0.2, 0.25) is 0 Å². The fraction of sp³-hybridized carbons (Fsp3) is 0.261. The SMILES string of the molecule is CCCS(=O)(=O)c1c(Nc2ccc(OCC)cc2)sc(C(=O)c2ccc(C)cc2)c1N. The van der Waals surface area contributed by atoms with Crippen LogP contribution in [0.5, 0.6) is 5.75 Å². The summed E-state index contributed by atoms with van der Waals surface area (Å²) in [6, 6.07) is 14.3. The molecule has 3 N–H and O–H groups in total. The summed E-state index contributed by atoms with van der Waals surface area (Å²) < 4.78 is 31.4. The fourth-order valence-corrected chi connectivity index (χ4v) is 6.21. The van der Waals surface area contributed by atoms with E-state index in [2.05, 4.69) is 5.32 Å². The van der Waals surface area contributed by atoms with Crippen molar-refractivity contribution in [3.05, 3.63) is 64.5 Å². The summed E-state index contributed by atoms with van der Waals surface area (Å²) in [5.74, 6) is 0.368. The highest BCUT2D eigenvalue weighted by Gasteiger charge is 2.30. The van der Waals surface area contributed by atoms with Crippen LogP contribution in [-0.2, 0) is 9.84 Å². The molecule has 0 bridgehead atoms. The van der Waals surface area contributed by atoms with E-state index in [1.807, 2.05) is 26.0 Å². The molecular weight excluding hydrogens is 432 g/mol. The zero-order valence-electron chi connectivity index (χ0n) is 17.8. The number of nitrogens with one attached hydrogen (secondary N) is 1. The summed E-state index contributed by atoms with van der Waals surface area (Å²) in [5, 5.41) is 3.47. The maximum atomic E-state index is 13.1. The number of benzene rings is 2. The number of aryl methyl sites for hydroxylation is 1. The summed E-state index contributed by atoms with van der Waals surface area (Å²) in [5.41, 5.74) is 8.42. The first kappa shape index (κ1) is 22.8. The molecule has 2 aromatic carbocycles. The number of ketones is 1. The Kier molecular flexibility index (Phi) is 7.02. The van der Waals surface area contributed by atoms with Gasteiger partial charge in [0.25, 0.3) is 0 Å². The van der Waals surface area contributed by atoms with Gasteiger partial charge in [-0.05, 0) is 44.5 Å². The van der Waals surface area contributed by atoms with Gasteiger partial charge in [-0.25, -0.2) is 8.42 Å². The highest BCUT2D eigenvalue weighted by Crippen LogP contribution is 2.42. The van der Waals surface area contributed by atoms with E-state index >= 15 is 0 Å². The molecule has 0 fully saturated rings. The van der Waals surface area contributed by atoms with Crippen molar-refractivity contribution in [2.45, 2.75) is 32.1 Å². The molecule has 8 heteroatoms. The van der Waals surface area contributed by atoms with Crippen molar-refractivity contribution in [1.29, 1.82) is 0 Å². The molecule has 3 aromatic rings. The molecular formula is C23H26N2O4S2. The van der Waals surface area contributed by atoms with Crippen LogP contribution in [0, 0.1) is 6.92 Å². The lowest BCUT2D eigenvalue weighted by molar-refractivity contribution is 0.104. The minimum atomic E-state index is -3.66. The van der Waals surface area contributed by atoms with Gasteiger partial charge in [-0.15, -0.1) is 11.3 Å².